The van der Waals surface area contributed by atoms with Gasteiger partial charge in [0.1, 0.15) is 6.04 Å². The van der Waals surface area contributed by atoms with Crippen LogP contribution in [0.5, 0.6) is 0 Å². The molecule has 0 saturated carbocycles. The van der Waals surface area contributed by atoms with Crippen molar-refractivity contribution in [2.24, 2.45) is 0 Å². The number of amides is 1. The van der Waals surface area contributed by atoms with Crippen molar-refractivity contribution in [3.05, 3.63) is 35.9 Å². The molecule has 2 unspecified atom stereocenters. The van der Waals surface area contributed by atoms with Crippen molar-refractivity contribution < 1.29 is 9.53 Å². The van der Waals surface area contributed by atoms with Gasteiger partial charge in [0.15, 0.2) is 0 Å². The highest BCUT2D eigenvalue weighted by Gasteiger charge is 2.29. The lowest BCUT2D eigenvalue weighted by Gasteiger charge is -2.27. The van der Waals surface area contributed by atoms with Crippen LogP contribution in [0.25, 0.3) is 0 Å². The number of ether oxygens (including phenoxy) is 1. The number of likely N-dealkylation sites (N-methyl/N-ethyl adjacent to an activating group) is 1. The number of carbonyl (C=O) groups excluding carboxylic acids is 1. The summed E-state index contributed by atoms with van der Waals surface area (Å²) in [5, 5.41) is 3.10. The molecule has 4 heteroatoms. The van der Waals surface area contributed by atoms with Crippen molar-refractivity contribution in [1.82, 2.24) is 10.2 Å². The Morgan fingerprint density at radius 3 is 2.55 bits per heavy atom. The molecule has 20 heavy (non-hydrogen) atoms. The number of likely N-dealkylation sites (tertiary alicyclic amines) is 1. The van der Waals surface area contributed by atoms with Crippen LogP contribution < -0.4 is 5.32 Å². The summed E-state index contributed by atoms with van der Waals surface area (Å²) in [5.74, 6) is 0.158. The molecule has 2 atom stereocenters. The fraction of sp³-hybridized carbons (Fsp3) is 0.562. The van der Waals surface area contributed by atoms with E-state index in [0.717, 1.165) is 31.5 Å². The van der Waals surface area contributed by atoms with Gasteiger partial charge < -0.3 is 15.0 Å². The molecule has 1 aromatic rings. The van der Waals surface area contributed by atoms with Crippen molar-refractivity contribution in [3.8, 4) is 0 Å². The van der Waals surface area contributed by atoms with Crippen molar-refractivity contribution in [2.45, 2.75) is 38.5 Å². The monoisotopic (exact) mass is 276 g/mol. The van der Waals surface area contributed by atoms with Gasteiger partial charge in [-0.3, -0.25) is 4.79 Å². The van der Waals surface area contributed by atoms with Crippen molar-refractivity contribution in [2.75, 3.05) is 20.1 Å². The van der Waals surface area contributed by atoms with E-state index < -0.39 is 0 Å². The minimum atomic E-state index is -0.267. The van der Waals surface area contributed by atoms with Crippen LogP contribution in [0.15, 0.2) is 30.3 Å². The summed E-state index contributed by atoms with van der Waals surface area (Å²) < 4.78 is 5.85. The third-order valence-corrected chi connectivity index (χ3v) is 3.82. The molecule has 0 radical (unpaired) electrons. The molecule has 1 N–H and O–H groups in total. The first kappa shape index (κ1) is 15.0. The molecule has 0 spiro atoms. The molecule has 0 bridgehead atoms. The molecule has 110 valence electrons. The van der Waals surface area contributed by atoms with Gasteiger partial charge in [0.2, 0.25) is 5.91 Å². The van der Waals surface area contributed by atoms with E-state index in [9.17, 15) is 4.79 Å². The van der Waals surface area contributed by atoms with Crippen LogP contribution in [0.1, 0.15) is 25.3 Å². The molecule has 0 aliphatic carbocycles. The molecule has 4 nitrogen and oxygen atoms in total. The lowest BCUT2D eigenvalue weighted by molar-refractivity contribution is -0.136. The molecule has 0 aromatic heterocycles. The van der Waals surface area contributed by atoms with Gasteiger partial charge in [-0.15, -0.1) is 0 Å². The summed E-state index contributed by atoms with van der Waals surface area (Å²) in [5.41, 5.74) is 1.13. The predicted octanol–water partition coefficient (Wildman–Crippen LogP) is 1.80. The number of benzene rings is 1. The molecule has 1 aliphatic heterocycles. The van der Waals surface area contributed by atoms with Crippen molar-refractivity contribution in [1.29, 1.82) is 0 Å². The van der Waals surface area contributed by atoms with Gasteiger partial charge in [-0.1, -0.05) is 30.3 Å². The normalized spacial score (nSPS) is 18.0. The van der Waals surface area contributed by atoms with E-state index in [1.807, 2.05) is 49.2 Å². The van der Waals surface area contributed by atoms with E-state index in [1.54, 1.807) is 0 Å². The van der Waals surface area contributed by atoms with Gasteiger partial charge in [0.05, 0.1) is 12.7 Å². The number of rotatable bonds is 6. The molecule has 1 aromatic carbocycles. The Morgan fingerprint density at radius 1 is 1.30 bits per heavy atom. The first-order chi connectivity index (χ1) is 9.72. The standard InChI is InChI=1S/C16H24N2O2/c1-13(20-12-14-8-4-3-5-9-14)15(17-2)16(19)18-10-6-7-11-18/h3-5,8-9,13,15,17H,6-7,10-12H2,1-2H3. The van der Waals surface area contributed by atoms with E-state index in [-0.39, 0.29) is 18.1 Å². The second-order valence-electron chi connectivity index (χ2n) is 5.30. The third kappa shape index (κ3) is 3.81. The lowest BCUT2D eigenvalue weighted by atomic mass is 10.1. The number of nitrogens with one attached hydrogen (secondary N) is 1. The maximum atomic E-state index is 12.4. The zero-order valence-electron chi connectivity index (χ0n) is 12.3. The van der Waals surface area contributed by atoms with Gasteiger partial charge in [0, 0.05) is 13.1 Å². The first-order valence-electron chi connectivity index (χ1n) is 7.34. The second-order valence-corrected chi connectivity index (χ2v) is 5.30. The number of carbonyl (C=O) groups is 1. The van der Waals surface area contributed by atoms with Gasteiger partial charge >= 0.3 is 0 Å². The predicted molar refractivity (Wildman–Crippen MR) is 79.4 cm³/mol. The zero-order valence-corrected chi connectivity index (χ0v) is 12.3. The Hall–Kier alpha value is -1.39. The maximum absolute atomic E-state index is 12.4. The Balaban J connectivity index is 1.88. The number of hydrogen-bond acceptors (Lipinski definition) is 3. The van der Waals surface area contributed by atoms with Crippen LogP contribution in [0, 0.1) is 0 Å². The van der Waals surface area contributed by atoms with E-state index >= 15 is 0 Å². The Bertz CT molecular complexity index is 416. The molecule has 2 rings (SSSR count). The molecule has 1 amide bonds. The van der Waals surface area contributed by atoms with Crippen LogP contribution in [-0.4, -0.2) is 43.1 Å². The molecule has 1 heterocycles. The van der Waals surface area contributed by atoms with E-state index in [2.05, 4.69) is 5.32 Å². The summed E-state index contributed by atoms with van der Waals surface area (Å²) in [7, 11) is 1.82. The Morgan fingerprint density at radius 2 is 1.95 bits per heavy atom. The van der Waals surface area contributed by atoms with Crippen LogP contribution >= 0.6 is 0 Å². The highest BCUT2D eigenvalue weighted by Crippen LogP contribution is 2.13. The molecular weight excluding hydrogens is 252 g/mol. The number of hydrogen-bond donors (Lipinski definition) is 1. The van der Waals surface area contributed by atoms with Gasteiger partial charge in [-0.05, 0) is 32.4 Å². The van der Waals surface area contributed by atoms with Gasteiger partial charge in [-0.25, -0.2) is 0 Å². The largest absolute Gasteiger partial charge is 0.372 e. The molecule has 1 aliphatic rings. The Kier molecular flexibility index (Phi) is 5.56. The van der Waals surface area contributed by atoms with Crippen LogP contribution in [0.4, 0.5) is 0 Å². The highest BCUT2D eigenvalue weighted by molar-refractivity contribution is 5.82. The molecule has 1 fully saturated rings. The fourth-order valence-electron chi connectivity index (χ4n) is 2.59. The van der Waals surface area contributed by atoms with Crippen LogP contribution in [-0.2, 0) is 16.1 Å². The topological polar surface area (TPSA) is 41.6 Å². The summed E-state index contributed by atoms with van der Waals surface area (Å²) in [6, 6.07) is 9.77. The SMILES string of the molecule is CNC(C(=O)N1CCCC1)C(C)OCc1ccccc1. The highest BCUT2D eigenvalue weighted by atomic mass is 16.5. The minimum Gasteiger partial charge on any atom is -0.372 e. The average molecular weight is 276 g/mol. The third-order valence-electron chi connectivity index (χ3n) is 3.82. The summed E-state index contributed by atoms with van der Waals surface area (Å²) in [6.07, 6.45) is 2.08. The quantitative estimate of drug-likeness (QED) is 0.861. The number of nitrogens with zero attached hydrogens (tertiary/aromatic N) is 1. The smallest absolute Gasteiger partial charge is 0.242 e. The van der Waals surface area contributed by atoms with E-state index in [4.69, 9.17) is 4.74 Å². The van der Waals surface area contributed by atoms with Gasteiger partial charge in [-0.2, -0.15) is 0 Å². The molecule has 1 saturated heterocycles. The molecular formula is C16H24N2O2. The minimum absolute atomic E-state index is 0.145. The van der Waals surface area contributed by atoms with E-state index in [0.29, 0.717) is 6.61 Å². The average Bonchev–Trinajstić information content (AvgIpc) is 3.01. The van der Waals surface area contributed by atoms with Crippen molar-refractivity contribution >= 4 is 5.91 Å². The second kappa shape index (κ2) is 7.41. The van der Waals surface area contributed by atoms with E-state index in [1.165, 1.54) is 0 Å². The lowest BCUT2D eigenvalue weighted by Crippen LogP contribution is -2.50. The summed E-state index contributed by atoms with van der Waals surface area (Å²) in [4.78, 5) is 14.3. The Labute approximate surface area is 121 Å². The summed E-state index contributed by atoms with van der Waals surface area (Å²) in [6.45, 7) is 4.25. The fourth-order valence-corrected chi connectivity index (χ4v) is 2.59. The van der Waals surface area contributed by atoms with Crippen molar-refractivity contribution in [3.63, 3.8) is 0 Å². The summed E-state index contributed by atoms with van der Waals surface area (Å²) >= 11 is 0. The first-order valence-corrected chi connectivity index (χ1v) is 7.34. The van der Waals surface area contributed by atoms with Crippen LogP contribution in [0.3, 0.4) is 0 Å². The van der Waals surface area contributed by atoms with Gasteiger partial charge in [0.25, 0.3) is 0 Å². The maximum Gasteiger partial charge on any atom is 0.242 e. The zero-order chi connectivity index (χ0) is 14.4. The van der Waals surface area contributed by atoms with Crippen LogP contribution in [0.2, 0.25) is 0 Å².